The molecular formula is C19H31N3O2S. The van der Waals surface area contributed by atoms with Gasteiger partial charge in [-0.1, -0.05) is 27.7 Å². The second kappa shape index (κ2) is 9.32. The third kappa shape index (κ3) is 5.27. The standard InChI is InChI=1S/C19H31N3O2S/c1-5-14(6-2)19(24)22-9-7-8-15(11-22)18-21-16(12-25-18)10-20-17(23)13(3)4/h12-15H,5-11H2,1-4H3,(H,20,23). The molecule has 6 heteroatoms. The van der Waals surface area contributed by atoms with Crippen LogP contribution in [0.15, 0.2) is 5.38 Å². The van der Waals surface area contributed by atoms with Crippen molar-refractivity contribution in [2.45, 2.75) is 65.8 Å². The van der Waals surface area contributed by atoms with Gasteiger partial charge in [0.15, 0.2) is 0 Å². The summed E-state index contributed by atoms with van der Waals surface area (Å²) in [7, 11) is 0. The number of aromatic nitrogens is 1. The van der Waals surface area contributed by atoms with E-state index in [0.717, 1.165) is 49.5 Å². The molecule has 0 radical (unpaired) electrons. The quantitative estimate of drug-likeness (QED) is 0.804. The second-order valence-corrected chi connectivity index (χ2v) is 8.08. The van der Waals surface area contributed by atoms with Crippen LogP contribution in [-0.2, 0) is 16.1 Å². The number of thiazole rings is 1. The largest absolute Gasteiger partial charge is 0.350 e. The molecule has 1 aromatic rings. The summed E-state index contributed by atoms with van der Waals surface area (Å²) in [5, 5.41) is 6.03. The summed E-state index contributed by atoms with van der Waals surface area (Å²) in [6.45, 7) is 10.1. The lowest BCUT2D eigenvalue weighted by Gasteiger charge is -2.34. The van der Waals surface area contributed by atoms with Crippen LogP contribution >= 0.6 is 11.3 Å². The van der Waals surface area contributed by atoms with Crippen LogP contribution in [0.1, 0.15) is 70.0 Å². The van der Waals surface area contributed by atoms with Crippen LogP contribution in [0.2, 0.25) is 0 Å². The van der Waals surface area contributed by atoms with E-state index in [2.05, 4.69) is 19.2 Å². The highest BCUT2D eigenvalue weighted by molar-refractivity contribution is 7.09. The van der Waals surface area contributed by atoms with E-state index in [-0.39, 0.29) is 17.7 Å². The van der Waals surface area contributed by atoms with Crippen LogP contribution in [0.5, 0.6) is 0 Å². The monoisotopic (exact) mass is 365 g/mol. The summed E-state index contributed by atoms with van der Waals surface area (Å²) in [6.07, 6.45) is 3.94. The molecule has 1 aromatic heterocycles. The van der Waals surface area contributed by atoms with Crippen molar-refractivity contribution in [2.75, 3.05) is 13.1 Å². The van der Waals surface area contributed by atoms with E-state index in [1.54, 1.807) is 11.3 Å². The molecule has 25 heavy (non-hydrogen) atoms. The van der Waals surface area contributed by atoms with Gasteiger partial charge < -0.3 is 10.2 Å². The Hall–Kier alpha value is -1.43. The third-order valence-electron chi connectivity index (χ3n) is 4.95. The minimum Gasteiger partial charge on any atom is -0.350 e. The van der Waals surface area contributed by atoms with Crippen molar-refractivity contribution in [2.24, 2.45) is 11.8 Å². The molecule has 5 nitrogen and oxygen atoms in total. The third-order valence-corrected chi connectivity index (χ3v) is 6.01. The Labute approximate surface area is 155 Å². The summed E-state index contributed by atoms with van der Waals surface area (Å²) in [5.41, 5.74) is 0.914. The summed E-state index contributed by atoms with van der Waals surface area (Å²) in [6, 6.07) is 0. The first-order valence-corrected chi connectivity index (χ1v) is 10.3. The first kappa shape index (κ1) is 19.9. The minimum absolute atomic E-state index is 0.0129. The summed E-state index contributed by atoms with van der Waals surface area (Å²) >= 11 is 1.65. The average Bonchev–Trinajstić information content (AvgIpc) is 3.09. The van der Waals surface area contributed by atoms with E-state index in [1.165, 1.54) is 0 Å². The number of rotatable bonds is 7. The van der Waals surface area contributed by atoms with E-state index in [4.69, 9.17) is 4.98 Å². The molecule has 1 aliphatic heterocycles. The number of nitrogens with one attached hydrogen (secondary N) is 1. The van der Waals surface area contributed by atoms with Gasteiger partial charge in [0.1, 0.15) is 0 Å². The normalized spacial score (nSPS) is 18.0. The first-order chi connectivity index (χ1) is 12.0. The van der Waals surface area contributed by atoms with Crippen molar-refractivity contribution < 1.29 is 9.59 Å². The van der Waals surface area contributed by atoms with Gasteiger partial charge in [-0.25, -0.2) is 4.98 Å². The van der Waals surface area contributed by atoms with Gasteiger partial charge in [-0.2, -0.15) is 0 Å². The maximum absolute atomic E-state index is 12.6. The first-order valence-electron chi connectivity index (χ1n) is 9.47. The fraction of sp³-hybridized carbons (Fsp3) is 0.737. The molecule has 0 aromatic carbocycles. The summed E-state index contributed by atoms with van der Waals surface area (Å²) in [4.78, 5) is 31.1. The molecule has 2 amide bonds. The highest BCUT2D eigenvalue weighted by atomic mass is 32.1. The van der Waals surface area contributed by atoms with Gasteiger partial charge >= 0.3 is 0 Å². The number of nitrogens with zero attached hydrogens (tertiary/aromatic N) is 2. The Morgan fingerprint density at radius 3 is 2.72 bits per heavy atom. The minimum atomic E-state index is -0.0129. The van der Waals surface area contributed by atoms with Crippen LogP contribution in [-0.4, -0.2) is 34.8 Å². The summed E-state index contributed by atoms with van der Waals surface area (Å²) in [5.74, 6) is 0.814. The topological polar surface area (TPSA) is 62.3 Å². The number of likely N-dealkylation sites (tertiary alicyclic amines) is 1. The number of amides is 2. The van der Waals surface area contributed by atoms with Gasteiger partial charge in [0.2, 0.25) is 11.8 Å². The maximum Gasteiger partial charge on any atom is 0.225 e. The predicted octanol–water partition coefficient (Wildman–Crippen LogP) is 3.56. The SMILES string of the molecule is CCC(CC)C(=O)N1CCCC(c2nc(CNC(=O)C(C)C)cs2)C1. The van der Waals surface area contributed by atoms with Crippen LogP contribution in [0.4, 0.5) is 0 Å². The van der Waals surface area contributed by atoms with E-state index in [0.29, 0.717) is 18.4 Å². The van der Waals surface area contributed by atoms with Crippen molar-refractivity contribution >= 4 is 23.2 Å². The van der Waals surface area contributed by atoms with Gasteiger partial charge in [-0.3, -0.25) is 9.59 Å². The Kier molecular flexibility index (Phi) is 7.41. The fourth-order valence-electron chi connectivity index (χ4n) is 3.25. The molecule has 0 aliphatic carbocycles. The van der Waals surface area contributed by atoms with Crippen LogP contribution < -0.4 is 5.32 Å². The molecule has 140 valence electrons. The van der Waals surface area contributed by atoms with Gasteiger partial charge in [-0.15, -0.1) is 11.3 Å². The van der Waals surface area contributed by atoms with Crippen LogP contribution in [0.25, 0.3) is 0 Å². The lowest BCUT2D eigenvalue weighted by atomic mass is 9.95. The van der Waals surface area contributed by atoms with E-state index < -0.39 is 0 Å². The van der Waals surface area contributed by atoms with E-state index in [9.17, 15) is 9.59 Å². The Morgan fingerprint density at radius 1 is 1.36 bits per heavy atom. The number of piperidine rings is 1. The van der Waals surface area contributed by atoms with E-state index >= 15 is 0 Å². The zero-order valence-corrected chi connectivity index (χ0v) is 16.7. The molecule has 2 heterocycles. The molecule has 0 spiro atoms. The fourth-order valence-corrected chi connectivity index (χ4v) is 4.20. The number of carbonyl (C=O) groups excluding carboxylic acids is 2. The molecular weight excluding hydrogens is 334 g/mol. The predicted molar refractivity (Wildman–Crippen MR) is 101 cm³/mol. The molecule has 1 atom stereocenters. The Balaban J connectivity index is 1.95. The molecule has 1 aliphatic rings. The number of carbonyl (C=O) groups is 2. The highest BCUT2D eigenvalue weighted by Crippen LogP contribution is 2.30. The molecule has 0 bridgehead atoms. The molecule has 1 fully saturated rings. The van der Waals surface area contributed by atoms with Crippen LogP contribution in [0, 0.1) is 11.8 Å². The second-order valence-electron chi connectivity index (χ2n) is 7.19. The van der Waals surface area contributed by atoms with Crippen molar-refractivity contribution in [3.63, 3.8) is 0 Å². The van der Waals surface area contributed by atoms with Crippen molar-refractivity contribution in [1.29, 1.82) is 0 Å². The summed E-state index contributed by atoms with van der Waals surface area (Å²) < 4.78 is 0. The van der Waals surface area contributed by atoms with Crippen LogP contribution in [0.3, 0.4) is 0 Å². The molecule has 1 N–H and O–H groups in total. The molecule has 0 saturated carbocycles. The average molecular weight is 366 g/mol. The van der Waals surface area contributed by atoms with Crippen molar-refractivity contribution in [1.82, 2.24) is 15.2 Å². The lowest BCUT2D eigenvalue weighted by Crippen LogP contribution is -2.42. The molecule has 1 unspecified atom stereocenters. The molecule has 2 rings (SSSR count). The maximum atomic E-state index is 12.6. The van der Waals surface area contributed by atoms with Crippen molar-refractivity contribution in [3.8, 4) is 0 Å². The van der Waals surface area contributed by atoms with Gasteiger partial charge in [0.25, 0.3) is 0 Å². The van der Waals surface area contributed by atoms with Gasteiger partial charge in [-0.05, 0) is 25.7 Å². The smallest absolute Gasteiger partial charge is 0.225 e. The van der Waals surface area contributed by atoms with Gasteiger partial charge in [0, 0.05) is 36.2 Å². The van der Waals surface area contributed by atoms with Gasteiger partial charge in [0.05, 0.1) is 17.2 Å². The Morgan fingerprint density at radius 2 is 2.08 bits per heavy atom. The zero-order valence-electron chi connectivity index (χ0n) is 15.9. The highest BCUT2D eigenvalue weighted by Gasteiger charge is 2.29. The zero-order chi connectivity index (χ0) is 18.4. The number of hydrogen-bond donors (Lipinski definition) is 1. The molecule has 1 saturated heterocycles. The lowest BCUT2D eigenvalue weighted by molar-refractivity contribution is -0.137. The number of hydrogen-bond acceptors (Lipinski definition) is 4. The van der Waals surface area contributed by atoms with Crippen molar-refractivity contribution in [3.05, 3.63) is 16.1 Å². The Bertz CT molecular complexity index is 581. The van der Waals surface area contributed by atoms with E-state index in [1.807, 2.05) is 24.1 Å².